The zero-order chi connectivity index (χ0) is 24.0. The van der Waals surface area contributed by atoms with Gasteiger partial charge in [0.05, 0.1) is 6.61 Å². The Morgan fingerprint density at radius 2 is 1.18 bits per heavy atom. The second-order valence-corrected chi connectivity index (χ2v) is 9.29. The molecule has 0 fully saturated rings. The minimum Gasteiger partial charge on any atom is -0.355 e. The van der Waals surface area contributed by atoms with Gasteiger partial charge in [-0.2, -0.15) is 0 Å². The van der Waals surface area contributed by atoms with Crippen LogP contribution < -0.4 is 0 Å². The molecule has 174 valence electrons. The number of aromatic nitrogens is 1. The van der Waals surface area contributed by atoms with Crippen molar-refractivity contribution in [2.75, 3.05) is 6.61 Å². The van der Waals surface area contributed by atoms with Crippen molar-refractivity contribution in [3.05, 3.63) is 97.1 Å². The van der Waals surface area contributed by atoms with E-state index in [4.69, 9.17) is 9.79 Å². The Labute approximate surface area is 199 Å². The molecule has 5 aromatic rings. The Balaban J connectivity index is 0.000000262. The number of rotatable bonds is 6. The van der Waals surface area contributed by atoms with Gasteiger partial charge in [0.25, 0.3) is 0 Å². The summed E-state index contributed by atoms with van der Waals surface area (Å²) in [5.74, 6) is 0. The Kier molecular flexibility index (Phi) is 7.61. The fourth-order valence-electron chi connectivity index (χ4n) is 3.85. The lowest BCUT2D eigenvalue weighted by molar-refractivity contribution is 0.194. The van der Waals surface area contributed by atoms with Gasteiger partial charge < -0.3 is 14.8 Å². The summed E-state index contributed by atoms with van der Waals surface area (Å²) in [5, 5.41) is 2.54. The summed E-state index contributed by atoms with van der Waals surface area (Å²) in [6, 6.07) is 34.4. The lowest BCUT2D eigenvalue weighted by Gasteiger charge is -2.03. The topological polar surface area (TPSA) is 82.6 Å². The van der Waals surface area contributed by atoms with Crippen molar-refractivity contribution in [3.8, 4) is 22.3 Å². The van der Waals surface area contributed by atoms with E-state index in [1.165, 1.54) is 44.1 Å². The third-order valence-electron chi connectivity index (χ3n) is 5.57. The molecule has 0 unspecified atom stereocenters. The summed E-state index contributed by atoms with van der Waals surface area (Å²) in [7, 11) is -4.20. The van der Waals surface area contributed by atoms with Crippen molar-refractivity contribution < 1.29 is 18.9 Å². The fourth-order valence-corrected chi connectivity index (χ4v) is 4.21. The van der Waals surface area contributed by atoms with Gasteiger partial charge in [-0.05, 0) is 52.9 Å². The van der Waals surface area contributed by atoms with Crippen molar-refractivity contribution in [2.45, 2.75) is 19.8 Å². The van der Waals surface area contributed by atoms with E-state index in [0.29, 0.717) is 6.42 Å². The van der Waals surface area contributed by atoms with Gasteiger partial charge in [0, 0.05) is 21.8 Å². The SMILES string of the molecule is CCCCOP(=O)(O)O.c1ccc(-c2ccc3[nH]c4ccc(-c5ccccc5)cc4c3c2)cc1. The van der Waals surface area contributed by atoms with E-state index >= 15 is 0 Å². The molecule has 0 radical (unpaired) electrons. The molecule has 34 heavy (non-hydrogen) atoms. The third-order valence-corrected chi connectivity index (χ3v) is 6.09. The number of hydrogen-bond donors (Lipinski definition) is 3. The standard InChI is InChI=1S/C24H17N.C4H11O4P/c1-3-7-17(8-4-1)19-11-13-23-21(15-19)22-16-20(12-14-24(22)25-23)18-9-5-2-6-10-18;1-2-3-4-8-9(5,6)7/h1-16,25H;2-4H2,1H3,(H2,5,6,7). The molecule has 1 aromatic heterocycles. The summed E-state index contributed by atoms with van der Waals surface area (Å²) >= 11 is 0. The number of aromatic amines is 1. The lowest BCUT2D eigenvalue weighted by Crippen LogP contribution is -1.90. The molecule has 3 N–H and O–H groups in total. The highest BCUT2D eigenvalue weighted by molar-refractivity contribution is 7.46. The zero-order valence-corrected chi connectivity index (χ0v) is 19.9. The molecule has 4 aromatic carbocycles. The summed E-state index contributed by atoms with van der Waals surface area (Å²) in [4.78, 5) is 19.8. The summed E-state index contributed by atoms with van der Waals surface area (Å²) in [5.41, 5.74) is 7.36. The van der Waals surface area contributed by atoms with Crippen LogP contribution in [0.3, 0.4) is 0 Å². The highest BCUT2D eigenvalue weighted by Gasteiger charge is 2.11. The van der Waals surface area contributed by atoms with Gasteiger partial charge in [-0.3, -0.25) is 4.52 Å². The normalized spacial score (nSPS) is 11.4. The Hall–Kier alpha value is -3.21. The van der Waals surface area contributed by atoms with Gasteiger partial charge in [0.1, 0.15) is 0 Å². The number of phosphoric ester groups is 1. The summed E-state index contributed by atoms with van der Waals surface area (Å²) in [6.07, 6.45) is 1.56. The lowest BCUT2D eigenvalue weighted by atomic mass is 10.0. The van der Waals surface area contributed by atoms with E-state index in [1.54, 1.807) is 0 Å². The maximum absolute atomic E-state index is 9.98. The average molecular weight is 474 g/mol. The largest absolute Gasteiger partial charge is 0.469 e. The number of H-pyrrole nitrogens is 1. The number of unbranched alkanes of at least 4 members (excludes halogenated alkanes) is 1. The quantitative estimate of drug-likeness (QED) is 0.176. The van der Waals surface area contributed by atoms with Gasteiger partial charge >= 0.3 is 7.82 Å². The molecule has 0 aliphatic rings. The molecule has 0 atom stereocenters. The summed E-state index contributed by atoms with van der Waals surface area (Å²) < 4.78 is 14.1. The molecule has 0 amide bonds. The van der Waals surface area contributed by atoms with Crippen LogP contribution in [0.4, 0.5) is 0 Å². The molecule has 0 saturated heterocycles. The first-order valence-corrected chi connectivity index (χ1v) is 12.8. The second kappa shape index (κ2) is 10.8. The molecule has 5 rings (SSSR count). The molecule has 0 saturated carbocycles. The highest BCUT2D eigenvalue weighted by Crippen LogP contribution is 2.35. The number of fused-ring (bicyclic) bond motifs is 3. The molecular weight excluding hydrogens is 445 g/mol. The minimum absolute atomic E-state index is 0.140. The van der Waals surface area contributed by atoms with Crippen LogP contribution in [0.1, 0.15) is 19.8 Å². The third kappa shape index (κ3) is 6.02. The minimum atomic E-state index is -4.20. The first-order chi connectivity index (χ1) is 16.4. The molecule has 0 bridgehead atoms. The molecule has 1 heterocycles. The number of phosphoric acid groups is 1. The molecule has 5 nitrogen and oxygen atoms in total. The van der Waals surface area contributed by atoms with Crippen molar-refractivity contribution in [2.24, 2.45) is 0 Å². The van der Waals surface area contributed by atoms with E-state index in [1.807, 2.05) is 6.92 Å². The molecule has 6 heteroatoms. The van der Waals surface area contributed by atoms with Gasteiger partial charge in [-0.15, -0.1) is 0 Å². The predicted octanol–water partition coefficient (Wildman–Crippen LogP) is 7.55. The van der Waals surface area contributed by atoms with Gasteiger partial charge in [0.15, 0.2) is 0 Å². The Bertz CT molecular complexity index is 1310. The smallest absolute Gasteiger partial charge is 0.355 e. The monoisotopic (exact) mass is 473 g/mol. The number of benzene rings is 4. The predicted molar refractivity (Wildman–Crippen MR) is 140 cm³/mol. The van der Waals surface area contributed by atoms with Crippen LogP contribution in [-0.4, -0.2) is 21.4 Å². The maximum Gasteiger partial charge on any atom is 0.469 e. The van der Waals surface area contributed by atoms with Gasteiger partial charge in [-0.1, -0.05) is 86.1 Å². The summed E-state index contributed by atoms with van der Waals surface area (Å²) in [6.45, 7) is 2.06. The van der Waals surface area contributed by atoms with E-state index in [0.717, 1.165) is 6.42 Å². The molecule has 0 spiro atoms. The first-order valence-electron chi connectivity index (χ1n) is 11.3. The second-order valence-electron chi connectivity index (χ2n) is 8.06. The van der Waals surface area contributed by atoms with Crippen molar-refractivity contribution in [1.29, 1.82) is 0 Å². The van der Waals surface area contributed by atoms with Crippen LogP contribution in [-0.2, 0) is 9.09 Å². The van der Waals surface area contributed by atoms with Crippen molar-refractivity contribution in [3.63, 3.8) is 0 Å². The van der Waals surface area contributed by atoms with Crippen LogP contribution in [0, 0.1) is 0 Å². The van der Waals surface area contributed by atoms with E-state index < -0.39 is 7.82 Å². The Morgan fingerprint density at radius 3 is 1.59 bits per heavy atom. The van der Waals surface area contributed by atoms with Gasteiger partial charge in [-0.25, -0.2) is 4.57 Å². The van der Waals surface area contributed by atoms with Crippen molar-refractivity contribution >= 4 is 29.6 Å². The van der Waals surface area contributed by atoms with E-state index in [9.17, 15) is 4.57 Å². The van der Waals surface area contributed by atoms with Crippen LogP contribution in [0.5, 0.6) is 0 Å². The molecular formula is C28H28NO4P. The van der Waals surface area contributed by atoms with Crippen LogP contribution in [0.25, 0.3) is 44.1 Å². The molecule has 0 aliphatic carbocycles. The number of hydrogen-bond acceptors (Lipinski definition) is 2. The first kappa shape index (κ1) is 23.9. The molecule has 0 aliphatic heterocycles. The van der Waals surface area contributed by atoms with Crippen molar-refractivity contribution in [1.82, 2.24) is 4.98 Å². The van der Waals surface area contributed by atoms with Crippen LogP contribution in [0.15, 0.2) is 97.1 Å². The zero-order valence-electron chi connectivity index (χ0n) is 19.0. The van der Waals surface area contributed by atoms with E-state index in [-0.39, 0.29) is 6.61 Å². The van der Waals surface area contributed by atoms with Crippen LogP contribution >= 0.6 is 7.82 Å². The van der Waals surface area contributed by atoms with Crippen LogP contribution in [0.2, 0.25) is 0 Å². The fraction of sp³-hybridized carbons (Fsp3) is 0.143. The number of nitrogens with one attached hydrogen (secondary N) is 1. The average Bonchev–Trinajstić information content (AvgIpc) is 3.22. The Morgan fingerprint density at radius 1 is 0.706 bits per heavy atom. The highest BCUT2D eigenvalue weighted by atomic mass is 31.2. The van der Waals surface area contributed by atoms with E-state index in [2.05, 4.69) is 107 Å². The van der Waals surface area contributed by atoms with Gasteiger partial charge in [0.2, 0.25) is 0 Å². The maximum atomic E-state index is 9.98.